The lowest BCUT2D eigenvalue weighted by atomic mass is 10.1. The first-order chi connectivity index (χ1) is 12.6. The van der Waals surface area contributed by atoms with Crippen LogP contribution in [-0.4, -0.2) is 25.9 Å². The Morgan fingerprint density at radius 1 is 1.22 bits per heavy atom. The molecule has 6 nitrogen and oxygen atoms in total. The molecule has 0 spiro atoms. The summed E-state index contributed by atoms with van der Waals surface area (Å²) in [4.78, 5) is 7.27. The molecule has 27 heavy (non-hydrogen) atoms. The fourth-order valence-electron chi connectivity index (χ4n) is 2.39. The van der Waals surface area contributed by atoms with Crippen LogP contribution >= 0.6 is 27.5 Å². The molecule has 0 radical (unpaired) electrons. The SMILES string of the molecule is Cc1ccn(-c2cc(Br)ccc2[C@@H](Oc2cc(Cl)nc(N)n2)C(F)(F)F)n1. The highest BCUT2D eigenvalue weighted by molar-refractivity contribution is 9.10. The monoisotopic (exact) mass is 461 g/mol. The van der Waals surface area contributed by atoms with E-state index in [-0.39, 0.29) is 28.2 Å². The van der Waals surface area contributed by atoms with Gasteiger partial charge in [-0.15, -0.1) is 0 Å². The third-order valence-electron chi connectivity index (χ3n) is 3.47. The van der Waals surface area contributed by atoms with Crippen LogP contribution in [0.15, 0.2) is 41.0 Å². The molecule has 2 N–H and O–H groups in total. The number of nitrogens with zero attached hydrogens (tertiary/aromatic N) is 4. The Balaban J connectivity index is 2.11. The van der Waals surface area contributed by atoms with Gasteiger partial charge in [-0.2, -0.15) is 23.3 Å². The zero-order valence-electron chi connectivity index (χ0n) is 13.7. The maximum absolute atomic E-state index is 13.8. The van der Waals surface area contributed by atoms with Crippen molar-refractivity contribution in [3.05, 3.63) is 57.4 Å². The van der Waals surface area contributed by atoms with Gasteiger partial charge in [0.2, 0.25) is 17.9 Å². The Hall–Kier alpha value is -2.33. The van der Waals surface area contributed by atoms with Crippen LogP contribution < -0.4 is 10.5 Å². The highest BCUT2D eigenvalue weighted by atomic mass is 79.9. The number of hydrogen-bond acceptors (Lipinski definition) is 5. The van der Waals surface area contributed by atoms with Crippen molar-refractivity contribution >= 4 is 33.5 Å². The second kappa shape index (κ2) is 7.35. The number of aryl methyl sites for hydroxylation is 1. The molecule has 2 aromatic heterocycles. The van der Waals surface area contributed by atoms with Crippen molar-refractivity contribution in [2.75, 3.05) is 5.73 Å². The zero-order valence-corrected chi connectivity index (χ0v) is 16.0. The van der Waals surface area contributed by atoms with Crippen molar-refractivity contribution in [3.8, 4) is 11.6 Å². The van der Waals surface area contributed by atoms with E-state index in [1.165, 1.54) is 22.9 Å². The minimum atomic E-state index is -4.74. The molecule has 3 aromatic rings. The Bertz CT molecular complexity index is 959. The third kappa shape index (κ3) is 4.51. The van der Waals surface area contributed by atoms with E-state index in [9.17, 15) is 13.2 Å². The number of halogens is 5. The number of alkyl halides is 3. The molecule has 1 aromatic carbocycles. The average molecular weight is 463 g/mol. The molecule has 0 unspecified atom stereocenters. The van der Waals surface area contributed by atoms with Gasteiger partial charge in [0.05, 0.1) is 11.4 Å². The van der Waals surface area contributed by atoms with Crippen molar-refractivity contribution in [2.24, 2.45) is 0 Å². The number of aromatic nitrogens is 4. The van der Waals surface area contributed by atoms with Crippen LogP contribution in [0, 0.1) is 6.92 Å². The maximum atomic E-state index is 13.8. The quantitative estimate of drug-likeness (QED) is 0.571. The lowest BCUT2D eigenvalue weighted by Crippen LogP contribution is -2.28. The summed E-state index contributed by atoms with van der Waals surface area (Å²) < 4.78 is 48.5. The summed E-state index contributed by atoms with van der Waals surface area (Å²) >= 11 is 9.00. The lowest BCUT2D eigenvalue weighted by Gasteiger charge is -2.24. The molecular weight excluding hydrogens is 451 g/mol. The van der Waals surface area contributed by atoms with Crippen LogP contribution in [0.25, 0.3) is 5.69 Å². The first-order valence-electron chi connectivity index (χ1n) is 7.49. The zero-order chi connectivity index (χ0) is 19.8. The van der Waals surface area contributed by atoms with Gasteiger partial charge < -0.3 is 10.5 Å². The molecule has 142 valence electrons. The molecule has 0 fully saturated rings. The Labute approximate surface area is 165 Å². The largest absolute Gasteiger partial charge is 0.459 e. The van der Waals surface area contributed by atoms with Gasteiger partial charge in [0, 0.05) is 22.3 Å². The predicted octanol–water partition coefficient (Wildman–Crippen LogP) is 4.65. The van der Waals surface area contributed by atoms with E-state index in [1.54, 1.807) is 19.2 Å². The van der Waals surface area contributed by atoms with E-state index in [0.29, 0.717) is 10.2 Å². The highest BCUT2D eigenvalue weighted by Crippen LogP contribution is 2.39. The number of ether oxygens (including phenoxy) is 1. The fraction of sp³-hybridized carbons (Fsp3) is 0.188. The summed E-state index contributed by atoms with van der Waals surface area (Å²) in [7, 11) is 0. The van der Waals surface area contributed by atoms with Gasteiger partial charge in [-0.05, 0) is 25.1 Å². The number of anilines is 1. The number of nitrogens with two attached hydrogens (primary N) is 1. The summed E-state index contributed by atoms with van der Waals surface area (Å²) in [6.45, 7) is 1.73. The Morgan fingerprint density at radius 3 is 2.56 bits per heavy atom. The van der Waals surface area contributed by atoms with Crippen LogP contribution in [0.2, 0.25) is 5.15 Å². The van der Waals surface area contributed by atoms with E-state index < -0.39 is 12.3 Å². The van der Waals surface area contributed by atoms with Crippen molar-refractivity contribution in [3.63, 3.8) is 0 Å². The number of benzene rings is 1. The van der Waals surface area contributed by atoms with Gasteiger partial charge >= 0.3 is 6.18 Å². The first kappa shape index (κ1) is 19.4. The molecule has 0 amide bonds. The van der Waals surface area contributed by atoms with Crippen LogP contribution in [0.1, 0.15) is 17.4 Å². The minimum Gasteiger partial charge on any atom is -0.459 e. The van der Waals surface area contributed by atoms with Crippen LogP contribution in [0.4, 0.5) is 19.1 Å². The van der Waals surface area contributed by atoms with Gasteiger partial charge in [0.1, 0.15) is 5.15 Å². The molecule has 0 aliphatic heterocycles. The molecule has 3 rings (SSSR count). The van der Waals surface area contributed by atoms with Crippen LogP contribution in [-0.2, 0) is 0 Å². The minimum absolute atomic E-state index is 0.128. The van der Waals surface area contributed by atoms with Gasteiger partial charge in [0.25, 0.3) is 0 Å². The second-order valence-electron chi connectivity index (χ2n) is 5.53. The van der Waals surface area contributed by atoms with Gasteiger partial charge in [-0.3, -0.25) is 0 Å². The summed E-state index contributed by atoms with van der Waals surface area (Å²) in [6.07, 6.45) is -5.50. The summed E-state index contributed by atoms with van der Waals surface area (Å²) in [5.74, 6) is -0.683. The van der Waals surface area contributed by atoms with Crippen LogP contribution in [0.5, 0.6) is 5.88 Å². The molecule has 0 aliphatic rings. The smallest absolute Gasteiger partial charge is 0.429 e. The topological polar surface area (TPSA) is 78.9 Å². The van der Waals surface area contributed by atoms with Gasteiger partial charge in [-0.1, -0.05) is 33.6 Å². The molecule has 0 bridgehead atoms. The molecule has 11 heteroatoms. The third-order valence-corrected chi connectivity index (χ3v) is 4.16. The van der Waals surface area contributed by atoms with Crippen molar-refractivity contribution in [1.82, 2.24) is 19.7 Å². The van der Waals surface area contributed by atoms with E-state index >= 15 is 0 Å². The molecule has 0 saturated carbocycles. The van der Waals surface area contributed by atoms with Gasteiger partial charge in [0.15, 0.2) is 0 Å². The van der Waals surface area contributed by atoms with Gasteiger partial charge in [-0.25, -0.2) is 9.67 Å². The number of hydrogen-bond donors (Lipinski definition) is 1. The summed E-state index contributed by atoms with van der Waals surface area (Å²) in [6, 6.07) is 7.05. The normalized spacial score (nSPS) is 12.8. The Morgan fingerprint density at radius 2 is 1.96 bits per heavy atom. The maximum Gasteiger partial charge on any atom is 0.429 e. The second-order valence-corrected chi connectivity index (χ2v) is 6.83. The Kier molecular flexibility index (Phi) is 5.29. The molecule has 0 aliphatic carbocycles. The van der Waals surface area contributed by atoms with E-state index in [0.717, 1.165) is 6.07 Å². The van der Waals surface area contributed by atoms with Crippen molar-refractivity contribution in [1.29, 1.82) is 0 Å². The summed E-state index contributed by atoms with van der Waals surface area (Å²) in [5.41, 5.74) is 6.14. The first-order valence-corrected chi connectivity index (χ1v) is 8.66. The average Bonchev–Trinajstić information content (AvgIpc) is 2.97. The fourth-order valence-corrected chi connectivity index (χ4v) is 2.92. The standard InChI is InChI=1S/C16H12BrClF3N5O/c1-8-4-5-26(25-8)11-6-9(17)2-3-10(11)14(16(19,20)21)27-13-7-12(18)23-15(22)24-13/h2-7,14H,1H3,(H2,22,23,24)/t14-/m1/s1. The molecule has 2 heterocycles. The molecule has 1 atom stereocenters. The summed E-state index contributed by atoms with van der Waals surface area (Å²) in [5, 5.41) is 4.06. The van der Waals surface area contributed by atoms with Crippen molar-refractivity contribution in [2.45, 2.75) is 19.2 Å². The predicted molar refractivity (Wildman–Crippen MR) is 96.9 cm³/mol. The van der Waals surface area contributed by atoms with E-state index in [1.807, 2.05) is 0 Å². The number of rotatable bonds is 4. The number of nitrogen functional groups attached to an aromatic ring is 1. The highest BCUT2D eigenvalue weighted by Gasteiger charge is 2.45. The van der Waals surface area contributed by atoms with E-state index in [4.69, 9.17) is 22.1 Å². The lowest BCUT2D eigenvalue weighted by molar-refractivity contribution is -0.198. The van der Waals surface area contributed by atoms with Crippen LogP contribution in [0.3, 0.4) is 0 Å². The van der Waals surface area contributed by atoms with E-state index in [2.05, 4.69) is 31.0 Å². The molecular formula is C16H12BrClF3N5O. The molecule has 0 saturated heterocycles. The van der Waals surface area contributed by atoms with Crippen molar-refractivity contribution < 1.29 is 17.9 Å².